The van der Waals surface area contributed by atoms with Crippen LogP contribution in [0, 0.1) is 26.2 Å². The second kappa shape index (κ2) is 7.89. The van der Waals surface area contributed by atoms with Crippen molar-refractivity contribution in [3.05, 3.63) is 34.4 Å². The predicted octanol–water partition coefficient (Wildman–Crippen LogP) is 3.64. The molecule has 1 N–H and O–H groups in total. The number of amides is 1. The van der Waals surface area contributed by atoms with Gasteiger partial charge in [-0.05, 0) is 51.2 Å². The highest BCUT2D eigenvalue weighted by Crippen LogP contribution is 2.22. The zero-order chi connectivity index (χ0) is 17.9. The van der Waals surface area contributed by atoms with Crippen molar-refractivity contribution in [2.24, 2.45) is 0 Å². The molecule has 2 atom stereocenters. The van der Waals surface area contributed by atoms with Gasteiger partial charge >= 0.3 is 6.09 Å². The Hall–Kier alpha value is -1.74. The summed E-state index contributed by atoms with van der Waals surface area (Å²) in [6, 6.07) is 3.89. The summed E-state index contributed by atoms with van der Waals surface area (Å²) >= 11 is 0. The average molecular weight is 348 g/mol. The Morgan fingerprint density at radius 3 is 2.21 bits per heavy atom. The monoisotopic (exact) mass is 348 g/mol. The molecule has 24 heavy (non-hydrogen) atoms. The van der Waals surface area contributed by atoms with Crippen LogP contribution in [-0.4, -0.2) is 41.4 Å². The first kappa shape index (κ1) is 18.6. The first-order valence-corrected chi connectivity index (χ1v) is 8.90. The fourth-order valence-corrected chi connectivity index (χ4v) is 3.38. The van der Waals surface area contributed by atoms with Crippen LogP contribution in [-0.2, 0) is 4.74 Å². The van der Waals surface area contributed by atoms with Gasteiger partial charge in [0.05, 0.1) is 0 Å². The van der Waals surface area contributed by atoms with E-state index in [4.69, 9.17) is 10.1 Å². The highest BCUT2D eigenvalue weighted by Gasteiger charge is 2.28. The molecule has 6 heteroatoms. The van der Waals surface area contributed by atoms with Crippen LogP contribution >= 0.6 is 9.24 Å². The molecule has 1 aromatic rings. The maximum atomic E-state index is 12.7. The van der Waals surface area contributed by atoms with Gasteiger partial charge in [0.2, 0.25) is 5.90 Å². The van der Waals surface area contributed by atoms with E-state index >= 15 is 0 Å². The van der Waals surface area contributed by atoms with E-state index in [1.54, 1.807) is 4.90 Å². The van der Waals surface area contributed by atoms with Crippen molar-refractivity contribution < 1.29 is 14.3 Å². The lowest BCUT2D eigenvalue weighted by Gasteiger charge is -2.26. The van der Waals surface area contributed by atoms with Crippen LogP contribution in [0.4, 0.5) is 4.79 Å². The lowest BCUT2D eigenvalue weighted by molar-refractivity contribution is 0.0995. The third-order valence-corrected chi connectivity index (χ3v) is 4.91. The van der Waals surface area contributed by atoms with Crippen LogP contribution in [0.1, 0.15) is 46.3 Å². The number of ether oxygens (including phenoxy) is 1. The lowest BCUT2D eigenvalue weighted by Crippen LogP contribution is -2.39. The fourth-order valence-electron chi connectivity index (χ4n) is 3.14. The normalized spacial score (nSPS) is 15.8. The summed E-state index contributed by atoms with van der Waals surface area (Å²) in [5, 5.41) is 8.00. The smallest absolute Gasteiger partial charge is 0.395 e. The summed E-state index contributed by atoms with van der Waals surface area (Å²) in [7, 11) is 2.33. The number of benzene rings is 1. The zero-order valence-corrected chi connectivity index (χ0v) is 15.7. The van der Waals surface area contributed by atoms with Gasteiger partial charge in [-0.3, -0.25) is 10.2 Å². The summed E-state index contributed by atoms with van der Waals surface area (Å²) in [4.78, 5) is 26.4. The second-order valence-electron chi connectivity index (χ2n) is 6.40. The van der Waals surface area contributed by atoms with Crippen LogP contribution in [0.2, 0.25) is 0 Å². The number of likely N-dealkylation sites (tertiary alicyclic amines) is 1. The molecule has 130 valence electrons. The van der Waals surface area contributed by atoms with Gasteiger partial charge in [-0.1, -0.05) is 17.7 Å². The number of aryl methyl sites for hydroxylation is 3. The fraction of sp³-hybridized carbons (Fsp3) is 0.500. The molecule has 0 radical (unpaired) electrons. The standard InChI is InChI=1S/C18H25N2O3P/c1-11-9-12(2)14(13(3)10-11)15(21)16(24)17(19)23-18(22)20-7-5-4-6-8-20/h9-10,16,19H,4-8,24H2,1-3H3/t16-/m0/s1. The maximum absolute atomic E-state index is 12.7. The minimum atomic E-state index is -0.862. The van der Waals surface area contributed by atoms with Gasteiger partial charge in [-0.2, -0.15) is 0 Å². The van der Waals surface area contributed by atoms with Crippen molar-refractivity contribution in [1.82, 2.24) is 4.90 Å². The van der Waals surface area contributed by atoms with Gasteiger partial charge in [0.1, 0.15) is 5.66 Å². The second-order valence-corrected chi connectivity index (χ2v) is 7.06. The largest absolute Gasteiger partial charge is 0.416 e. The molecular formula is C18H25N2O3P. The number of Topliss-reactive ketones (excluding diaryl/α,β-unsaturated/α-hetero) is 1. The molecular weight excluding hydrogens is 323 g/mol. The molecule has 1 amide bonds. The number of nitrogens with one attached hydrogen (secondary N) is 1. The van der Waals surface area contributed by atoms with Crippen molar-refractivity contribution >= 4 is 27.0 Å². The molecule has 1 aliphatic rings. The topological polar surface area (TPSA) is 70.5 Å². The van der Waals surface area contributed by atoms with Crippen LogP contribution in [0.3, 0.4) is 0 Å². The van der Waals surface area contributed by atoms with Gasteiger partial charge < -0.3 is 9.64 Å². The third kappa shape index (κ3) is 4.21. The molecule has 1 unspecified atom stereocenters. The van der Waals surface area contributed by atoms with Crippen molar-refractivity contribution in [3.8, 4) is 0 Å². The number of ketones is 1. The predicted molar refractivity (Wildman–Crippen MR) is 98.1 cm³/mol. The summed E-state index contributed by atoms with van der Waals surface area (Å²) < 4.78 is 5.13. The average Bonchev–Trinajstić information content (AvgIpc) is 2.53. The van der Waals surface area contributed by atoms with Crippen LogP contribution in [0.15, 0.2) is 12.1 Å². The van der Waals surface area contributed by atoms with E-state index in [2.05, 4.69) is 9.24 Å². The van der Waals surface area contributed by atoms with E-state index in [1.165, 1.54) is 0 Å². The van der Waals surface area contributed by atoms with Gasteiger partial charge in [0.15, 0.2) is 5.78 Å². The molecule has 1 heterocycles. The molecule has 5 nitrogen and oxygen atoms in total. The molecule has 2 rings (SSSR count). The minimum absolute atomic E-state index is 0.216. The molecule has 1 aromatic carbocycles. The molecule has 0 saturated carbocycles. The zero-order valence-electron chi connectivity index (χ0n) is 14.5. The van der Waals surface area contributed by atoms with E-state index < -0.39 is 11.8 Å². The van der Waals surface area contributed by atoms with Crippen molar-refractivity contribution in [2.45, 2.75) is 45.7 Å². The quantitative estimate of drug-likeness (QED) is 0.392. The van der Waals surface area contributed by atoms with Crippen LogP contribution in [0.25, 0.3) is 0 Å². The number of hydrogen-bond acceptors (Lipinski definition) is 4. The Bertz CT molecular complexity index is 643. The van der Waals surface area contributed by atoms with E-state index in [0.29, 0.717) is 18.7 Å². The molecule has 1 fully saturated rings. The molecule has 0 aliphatic carbocycles. The Morgan fingerprint density at radius 1 is 1.12 bits per heavy atom. The Balaban J connectivity index is 2.07. The number of carbonyl (C=O) groups is 2. The number of rotatable bonds is 3. The van der Waals surface area contributed by atoms with Gasteiger partial charge in [-0.25, -0.2) is 4.79 Å². The SMILES string of the molecule is Cc1cc(C)c(C(=O)[C@H](P)C(=N)OC(=O)N2CCCCC2)c(C)c1. The number of nitrogens with zero attached hydrogens (tertiary/aromatic N) is 1. The van der Waals surface area contributed by atoms with E-state index in [0.717, 1.165) is 36.0 Å². The number of piperidine rings is 1. The summed E-state index contributed by atoms with van der Waals surface area (Å²) in [5.74, 6) is -0.536. The highest BCUT2D eigenvalue weighted by atomic mass is 31.0. The van der Waals surface area contributed by atoms with E-state index in [1.807, 2.05) is 32.9 Å². The Labute approximate surface area is 145 Å². The minimum Gasteiger partial charge on any atom is -0.395 e. The van der Waals surface area contributed by atoms with Crippen molar-refractivity contribution in [2.75, 3.05) is 13.1 Å². The summed E-state index contributed by atoms with van der Waals surface area (Å²) in [5.41, 5.74) is 2.58. The van der Waals surface area contributed by atoms with Gasteiger partial charge in [0, 0.05) is 18.7 Å². The lowest BCUT2D eigenvalue weighted by atomic mass is 9.95. The van der Waals surface area contributed by atoms with Crippen molar-refractivity contribution in [3.63, 3.8) is 0 Å². The van der Waals surface area contributed by atoms with Crippen LogP contribution < -0.4 is 0 Å². The Kier molecular flexibility index (Phi) is 6.11. The molecule has 0 bridgehead atoms. The van der Waals surface area contributed by atoms with E-state index in [-0.39, 0.29) is 11.7 Å². The molecule has 1 saturated heterocycles. The third-order valence-electron chi connectivity index (χ3n) is 4.30. The van der Waals surface area contributed by atoms with Crippen molar-refractivity contribution in [1.29, 1.82) is 5.41 Å². The first-order valence-electron chi connectivity index (χ1n) is 8.24. The van der Waals surface area contributed by atoms with Crippen LogP contribution in [0.5, 0.6) is 0 Å². The first-order chi connectivity index (χ1) is 11.3. The van der Waals surface area contributed by atoms with Gasteiger partial charge in [-0.15, -0.1) is 9.24 Å². The highest BCUT2D eigenvalue weighted by molar-refractivity contribution is 7.21. The Morgan fingerprint density at radius 2 is 1.67 bits per heavy atom. The molecule has 0 aromatic heterocycles. The van der Waals surface area contributed by atoms with E-state index in [9.17, 15) is 9.59 Å². The number of carbonyl (C=O) groups excluding carboxylic acids is 2. The summed E-state index contributed by atoms with van der Waals surface area (Å²) in [6.45, 7) is 7.05. The molecule has 1 aliphatic heterocycles. The summed E-state index contributed by atoms with van der Waals surface area (Å²) in [6.07, 6.45) is 2.48. The maximum Gasteiger partial charge on any atom is 0.416 e. The van der Waals surface area contributed by atoms with Gasteiger partial charge in [0.25, 0.3) is 0 Å². The number of hydrogen-bond donors (Lipinski definition) is 1. The molecule has 0 spiro atoms.